The van der Waals surface area contributed by atoms with Gasteiger partial charge in [0.1, 0.15) is 0 Å². The first-order valence-electron chi connectivity index (χ1n) is 8.43. The van der Waals surface area contributed by atoms with Gasteiger partial charge in [-0.1, -0.05) is 41.4 Å². The molecule has 0 aromatic heterocycles. The van der Waals surface area contributed by atoms with Crippen LogP contribution in [0.2, 0.25) is 5.02 Å². The fraction of sp³-hybridized carbons (Fsp3) is 0.263. The molecule has 144 valence electrons. The van der Waals surface area contributed by atoms with Crippen molar-refractivity contribution in [2.75, 3.05) is 13.1 Å². The van der Waals surface area contributed by atoms with Crippen LogP contribution in [0.5, 0.6) is 0 Å². The zero-order chi connectivity index (χ0) is 19.7. The fourth-order valence-corrected chi connectivity index (χ4v) is 6.09. The summed E-state index contributed by atoms with van der Waals surface area (Å²) in [5, 5.41) is 0.821. The quantitative estimate of drug-likeness (QED) is 0.735. The van der Waals surface area contributed by atoms with Gasteiger partial charge in [0, 0.05) is 23.5 Å². The minimum Gasteiger partial charge on any atom is -0.223 e. The third-order valence-electron chi connectivity index (χ3n) is 4.56. The Bertz CT molecular complexity index is 1040. The number of hydrogen-bond donors (Lipinski definition) is 0. The predicted molar refractivity (Wildman–Crippen MR) is 108 cm³/mol. The van der Waals surface area contributed by atoms with E-state index in [-0.39, 0.29) is 24.4 Å². The topological polar surface area (TPSA) is 71.5 Å². The Morgan fingerprint density at radius 3 is 2.26 bits per heavy atom. The lowest BCUT2D eigenvalue weighted by atomic mass is 10.2. The summed E-state index contributed by atoms with van der Waals surface area (Å²) in [4.78, 5) is 0.159. The molecule has 1 fully saturated rings. The molecule has 5 nitrogen and oxygen atoms in total. The normalized spacial score (nSPS) is 19.0. The molecule has 2 aromatic rings. The van der Waals surface area contributed by atoms with Crippen molar-refractivity contribution in [2.45, 2.75) is 23.5 Å². The minimum atomic E-state index is -3.68. The molecular weight excluding hydrogens is 406 g/mol. The number of sulfonamides is 1. The Balaban J connectivity index is 1.74. The largest absolute Gasteiger partial charge is 0.236 e. The maximum Gasteiger partial charge on any atom is 0.236 e. The van der Waals surface area contributed by atoms with Crippen molar-refractivity contribution in [1.29, 1.82) is 0 Å². The number of nitrogens with zero attached hydrogens (tertiary/aromatic N) is 1. The van der Waals surface area contributed by atoms with Gasteiger partial charge in [-0.05, 0) is 49.2 Å². The van der Waals surface area contributed by atoms with Gasteiger partial charge >= 0.3 is 0 Å². The van der Waals surface area contributed by atoms with Gasteiger partial charge in [0.25, 0.3) is 0 Å². The average Bonchev–Trinajstić information content (AvgIpc) is 3.14. The molecule has 1 atom stereocenters. The highest BCUT2D eigenvalue weighted by molar-refractivity contribution is 7.93. The maximum absolute atomic E-state index is 12.7. The number of sulfone groups is 1. The fourth-order valence-electron chi connectivity index (χ4n) is 2.93. The van der Waals surface area contributed by atoms with Gasteiger partial charge in [-0.15, -0.1) is 0 Å². The van der Waals surface area contributed by atoms with Crippen LogP contribution in [-0.4, -0.2) is 39.5 Å². The highest BCUT2D eigenvalue weighted by atomic mass is 35.5. The van der Waals surface area contributed by atoms with Crippen LogP contribution in [-0.2, 0) is 19.9 Å². The Hall–Kier alpha value is -1.67. The molecule has 0 amide bonds. The zero-order valence-corrected chi connectivity index (χ0v) is 17.1. The Labute approximate surface area is 165 Å². The van der Waals surface area contributed by atoms with E-state index in [0.717, 1.165) is 16.5 Å². The highest BCUT2D eigenvalue weighted by Crippen LogP contribution is 2.27. The lowest BCUT2D eigenvalue weighted by Gasteiger charge is -2.14. The van der Waals surface area contributed by atoms with E-state index in [2.05, 4.69) is 0 Å². The molecule has 1 saturated heterocycles. The first-order valence-corrected chi connectivity index (χ1v) is 11.9. The van der Waals surface area contributed by atoms with Gasteiger partial charge in [0.15, 0.2) is 9.84 Å². The van der Waals surface area contributed by atoms with Crippen molar-refractivity contribution in [3.05, 3.63) is 70.1 Å². The summed E-state index contributed by atoms with van der Waals surface area (Å²) in [6, 6.07) is 13.4. The number of aryl methyl sites for hydroxylation is 1. The van der Waals surface area contributed by atoms with E-state index in [1.165, 1.54) is 34.6 Å². The summed E-state index contributed by atoms with van der Waals surface area (Å²) in [6.07, 6.45) is 1.79. The van der Waals surface area contributed by atoms with Crippen LogP contribution in [0.25, 0.3) is 6.08 Å². The molecule has 0 bridgehead atoms. The number of halogens is 1. The lowest BCUT2D eigenvalue weighted by Crippen LogP contribution is -2.30. The summed E-state index contributed by atoms with van der Waals surface area (Å²) >= 11 is 5.81. The molecule has 0 N–H and O–H groups in total. The Kier molecular flexibility index (Phi) is 5.76. The molecule has 8 heteroatoms. The second-order valence-electron chi connectivity index (χ2n) is 6.53. The summed E-state index contributed by atoms with van der Waals surface area (Å²) in [5.74, 6) is 0. The van der Waals surface area contributed by atoms with Crippen molar-refractivity contribution in [3.8, 4) is 0 Å². The first kappa shape index (κ1) is 20.1. The molecular formula is C19H20ClNO4S2. The SMILES string of the molecule is Cc1ccc(/C=C/S(=O)(=O)N2CCC(S(=O)(=O)c3ccc(Cl)cc3)C2)cc1. The zero-order valence-electron chi connectivity index (χ0n) is 14.7. The number of benzene rings is 2. The monoisotopic (exact) mass is 425 g/mol. The van der Waals surface area contributed by atoms with E-state index < -0.39 is 25.1 Å². The van der Waals surface area contributed by atoms with Crippen LogP contribution in [0.4, 0.5) is 0 Å². The second-order valence-corrected chi connectivity index (χ2v) is 11.0. The summed E-state index contributed by atoms with van der Waals surface area (Å²) < 4.78 is 51.8. The van der Waals surface area contributed by atoms with Crippen molar-refractivity contribution in [3.63, 3.8) is 0 Å². The van der Waals surface area contributed by atoms with E-state index in [9.17, 15) is 16.8 Å². The molecule has 1 heterocycles. The predicted octanol–water partition coefficient (Wildman–Crippen LogP) is 3.50. The molecule has 27 heavy (non-hydrogen) atoms. The minimum absolute atomic E-state index is 0.0501. The van der Waals surface area contributed by atoms with Crippen molar-refractivity contribution >= 4 is 37.5 Å². The Morgan fingerprint density at radius 2 is 1.63 bits per heavy atom. The van der Waals surface area contributed by atoms with Crippen LogP contribution in [0, 0.1) is 6.92 Å². The van der Waals surface area contributed by atoms with Gasteiger partial charge < -0.3 is 0 Å². The van der Waals surface area contributed by atoms with E-state index in [0.29, 0.717) is 5.02 Å². The molecule has 0 aliphatic carbocycles. The molecule has 0 radical (unpaired) electrons. The molecule has 2 aromatic carbocycles. The smallest absolute Gasteiger partial charge is 0.223 e. The van der Waals surface area contributed by atoms with E-state index >= 15 is 0 Å². The van der Waals surface area contributed by atoms with Gasteiger partial charge in [-0.25, -0.2) is 16.8 Å². The average molecular weight is 426 g/mol. The van der Waals surface area contributed by atoms with Crippen LogP contribution < -0.4 is 0 Å². The van der Waals surface area contributed by atoms with E-state index in [4.69, 9.17) is 11.6 Å². The summed E-state index contributed by atoms with van der Waals surface area (Å²) in [5.41, 5.74) is 1.86. The Morgan fingerprint density at radius 1 is 1.00 bits per heavy atom. The van der Waals surface area contributed by atoms with Crippen molar-refractivity contribution in [1.82, 2.24) is 4.31 Å². The van der Waals surface area contributed by atoms with E-state index in [1.54, 1.807) is 0 Å². The van der Waals surface area contributed by atoms with Crippen LogP contribution in [0.1, 0.15) is 17.5 Å². The van der Waals surface area contributed by atoms with Gasteiger partial charge in [-0.3, -0.25) is 0 Å². The molecule has 1 aliphatic rings. The standard InChI is InChI=1S/C19H20ClNO4S2/c1-15-2-4-16(5-3-15)11-13-26(22,23)21-12-10-19(14-21)27(24,25)18-8-6-17(20)7-9-18/h2-9,11,13,19H,10,12,14H2,1H3/b13-11+. The van der Waals surface area contributed by atoms with Crippen LogP contribution in [0.3, 0.4) is 0 Å². The third-order valence-corrected chi connectivity index (χ3v) is 8.53. The molecule has 0 spiro atoms. The molecule has 1 unspecified atom stereocenters. The van der Waals surface area contributed by atoms with E-state index in [1.807, 2.05) is 31.2 Å². The van der Waals surface area contributed by atoms with Crippen LogP contribution >= 0.6 is 11.6 Å². The first-order chi connectivity index (χ1) is 12.7. The molecule has 3 rings (SSSR count). The third kappa shape index (κ3) is 4.60. The summed E-state index contributed by atoms with van der Waals surface area (Å²) in [6.45, 7) is 2.08. The van der Waals surface area contributed by atoms with Crippen LogP contribution in [0.15, 0.2) is 58.8 Å². The molecule has 1 aliphatic heterocycles. The van der Waals surface area contributed by atoms with Gasteiger partial charge in [0.2, 0.25) is 10.0 Å². The van der Waals surface area contributed by atoms with Gasteiger partial charge in [-0.2, -0.15) is 4.31 Å². The molecule has 0 saturated carbocycles. The maximum atomic E-state index is 12.7. The van der Waals surface area contributed by atoms with Gasteiger partial charge in [0.05, 0.1) is 10.1 Å². The van der Waals surface area contributed by atoms with Crippen molar-refractivity contribution < 1.29 is 16.8 Å². The van der Waals surface area contributed by atoms with Crippen molar-refractivity contribution in [2.24, 2.45) is 0 Å². The number of rotatable bonds is 5. The summed E-state index contributed by atoms with van der Waals surface area (Å²) in [7, 11) is -7.29. The lowest BCUT2D eigenvalue weighted by molar-refractivity contribution is 0.485. The number of hydrogen-bond acceptors (Lipinski definition) is 4. The second kappa shape index (κ2) is 7.75. The highest BCUT2D eigenvalue weighted by Gasteiger charge is 2.38.